The van der Waals surface area contributed by atoms with Crippen LogP contribution in [0.15, 0.2) is 24.3 Å². The summed E-state index contributed by atoms with van der Waals surface area (Å²) in [4.78, 5) is 0. The second kappa shape index (κ2) is 8.15. The zero-order valence-electron chi connectivity index (χ0n) is 12.0. The van der Waals surface area contributed by atoms with Gasteiger partial charge in [0.25, 0.3) is 0 Å². The Labute approximate surface area is 118 Å². The molecule has 0 radical (unpaired) electrons. The van der Waals surface area contributed by atoms with Gasteiger partial charge in [0.1, 0.15) is 5.75 Å². The Morgan fingerprint density at radius 3 is 2.30 bits per heavy atom. The van der Waals surface area contributed by atoms with Crippen molar-refractivity contribution in [1.29, 1.82) is 0 Å². The van der Waals surface area contributed by atoms with Crippen LogP contribution in [0.4, 0.5) is 13.2 Å². The van der Waals surface area contributed by atoms with E-state index in [1.807, 2.05) is 0 Å². The highest BCUT2D eigenvalue weighted by Crippen LogP contribution is 2.30. The van der Waals surface area contributed by atoms with Gasteiger partial charge in [-0.1, -0.05) is 13.8 Å². The maximum absolute atomic E-state index is 12.4. The molecule has 0 aliphatic rings. The van der Waals surface area contributed by atoms with Crippen LogP contribution in [0.1, 0.15) is 32.3 Å². The van der Waals surface area contributed by atoms with Crippen molar-refractivity contribution in [3.63, 3.8) is 0 Å². The van der Waals surface area contributed by atoms with E-state index in [1.165, 1.54) is 12.1 Å². The minimum Gasteiger partial charge on any atom is -0.494 e. The van der Waals surface area contributed by atoms with E-state index in [-0.39, 0.29) is 0 Å². The van der Waals surface area contributed by atoms with Crippen molar-refractivity contribution < 1.29 is 17.9 Å². The maximum atomic E-state index is 12.4. The van der Waals surface area contributed by atoms with Crippen LogP contribution in [0.3, 0.4) is 0 Å². The summed E-state index contributed by atoms with van der Waals surface area (Å²) < 4.78 is 42.5. The summed E-state index contributed by atoms with van der Waals surface area (Å²) in [5.41, 5.74) is -0.650. The third kappa shape index (κ3) is 6.80. The molecular formula is C15H22F3NO. The van der Waals surface area contributed by atoms with Crippen LogP contribution >= 0.6 is 0 Å². The Hall–Kier alpha value is -1.23. The van der Waals surface area contributed by atoms with Gasteiger partial charge in [0, 0.05) is 0 Å². The van der Waals surface area contributed by atoms with E-state index in [0.717, 1.165) is 38.1 Å². The molecule has 2 nitrogen and oxygen atoms in total. The standard InChI is InChI=1S/C15H22F3NO/c1-12(2)11-19-9-3-4-10-20-14-7-5-13(6-8-14)15(16,17)18/h5-8,12,19H,3-4,9-11H2,1-2H3. The molecule has 0 aliphatic heterocycles. The van der Waals surface area contributed by atoms with Gasteiger partial charge in [-0.05, 0) is 56.1 Å². The van der Waals surface area contributed by atoms with Crippen LogP contribution in [0.2, 0.25) is 0 Å². The first kappa shape index (κ1) is 16.8. The van der Waals surface area contributed by atoms with Gasteiger partial charge in [-0.2, -0.15) is 13.2 Å². The first-order valence-electron chi connectivity index (χ1n) is 6.90. The molecule has 1 aromatic carbocycles. The second-order valence-corrected chi connectivity index (χ2v) is 5.18. The van der Waals surface area contributed by atoms with E-state index >= 15 is 0 Å². The van der Waals surface area contributed by atoms with Crippen molar-refractivity contribution in [2.75, 3.05) is 19.7 Å². The number of alkyl halides is 3. The topological polar surface area (TPSA) is 21.3 Å². The van der Waals surface area contributed by atoms with Crippen molar-refractivity contribution in [3.05, 3.63) is 29.8 Å². The lowest BCUT2D eigenvalue weighted by atomic mass is 10.2. The minimum absolute atomic E-state index is 0.480. The highest BCUT2D eigenvalue weighted by Gasteiger charge is 2.29. The molecule has 0 atom stereocenters. The van der Waals surface area contributed by atoms with Gasteiger partial charge in [0.05, 0.1) is 12.2 Å². The summed E-state index contributed by atoms with van der Waals surface area (Å²) in [5, 5.41) is 3.33. The van der Waals surface area contributed by atoms with Gasteiger partial charge >= 0.3 is 6.18 Å². The summed E-state index contributed by atoms with van der Waals surface area (Å²) in [6, 6.07) is 4.80. The van der Waals surface area contributed by atoms with Gasteiger partial charge in [0.15, 0.2) is 0 Å². The fraction of sp³-hybridized carbons (Fsp3) is 0.600. The van der Waals surface area contributed by atoms with Crippen molar-refractivity contribution in [2.24, 2.45) is 5.92 Å². The zero-order valence-corrected chi connectivity index (χ0v) is 12.0. The summed E-state index contributed by atoms with van der Waals surface area (Å²) in [7, 11) is 0. The first-order chi connectivity index (χ1) is 9.39. The van der Waals surface area contributed by atoms with Gasteiger partial charge in [-0.3, -0.25) is 0 Å². The number of hydrogen-bond acceptors (Lipinski definition) is 2. The monoisotopic (exact) mass is 289 g/mol. The molecule has 0 bridgehead atoms. The predicted octanol–water partition coefficient (Wildman–Crippen LogP) is 4.11. The summed E-state index contributed by atoms with van der Waals surface area (Å²) in [5.74, 6) is 1.12. The number of benzene rings is 1. The van der Waals surface area contributed by atoms with Crippen molar-refractivity contribution >= 4 is 0 Å². The van der Waals surface area contributed by atoms with Crippen molar-refractivity contribution in [2.45, 2.75) is 32.9 Å². The quantitative estimate of drug-likeness (QED) is 0.727. The number of hydrogen-bond donors (Lipinski definition) is 1. The van der Waals surface area contributed by atoms with Crippen LogP contribution in [-0.2, 0) is 6.18 Å². The lowest BCUT2D eigenvalue weighted by molar-refractivity contribution is -0.137. The summed E-state index contributed by atoms with van der Waals surface area (Å²) in [6.07, 6.45) is -2.42. The van der Waals surface area contributed by atoms with Crippen molar-refractivity contribution in [3.8, 4) is 5.75 Å². The molecule has 0 aliphatic carbocycles. The van der Waals surface area contributed by atoms with Gasteiger partial charge in [-0.25, -0.2) is 0 Å². The van der Waals surface area contributed by atoms with Gasteiger partial charge < -0.3 is 10.1 Å². The normalized spacial score (nSPS) is 11.9. The third-order valence-electron chi connectivity index (χ3n) is 2.75. The number of unbranched alkanes of at least 4 members (excludes halogenated alkanes) is 1. The van der Waals surface area contributed by atoms with Crippen LogP contribution in [0.25, 0.3) is 0 Å². The zero-order chi connectivity index (χ0) is 15.0. The average molecular weight is 289 g/mol. The molecule has 5 heteroatoms. The minimum atomic E-state index is -4.29. The van der Waals surface area contributed by atoms with Crippen LogP contribution in [0, 0.1) is 5.92 Å². The Morgan fingerprint density at radius 2 is 1.75 bits per heavy atom. The fourth-order valence-corrected chi connectivity index (χ4v) is 1.67. The first-order valence-corrected chi connectivity index (χ1v) is 6.90. The largest absolute Gasteiger partial charge is 0.494 e. The molecule has 0 aromatic heterocycles. The Kier molecular flexibility index (Phi) is 6.85. The van der Waals surface area contributed by atoms with Gasteiger partial charge in [0.2, 0.25) is 0 Å². The van der Waals surface area contributed by atoms with E-state index in [1.54, 1.807) is 0 Å². The fourth-order valence-electron chi connectivity index (χ4n) is 1.67. The van der Waals surface area contributed by atoms with Crippen LogP contribution in [0.5, 0.6) is 5.75 Å². The number of nitrogens with one attached hydrogen (secondary N) is 1. The van der Waals surface area contributed by atoms with E-state index < -0.39 is 11.7 Å². The number of ether oxygens (including phenoxy) is 1. The number of halogens is 3. The summed E-state index contributed by atoms with van der Waals surface area (Å²) >= 11 is 0. The predicted molar refractivity (Wildman–Crippen MR) is 73.9 cm³/mol. The molecular weight excluding hydrogens is 267 g/mol. The average Bonchev–Trinajstić information content (AvgIpc) is 2.37. The van der Waals surface area contributed by atoms with Gasteiger partial charge in [-0.15, -0.1) is 0 Å². The highest BCUT2D eigenvalue weighted by molar-refractivity contribution is 5.28. The van der Waals surface area contributed by atoms with E-state index in [2.05, 4.69) is 19.2 Å². The van der Waals surface area contributed by atoms with E-state index in [4.69, 9.17) is 4.74 Å². The van der Waals surface area contributed by atoms with Crippen LogP contribution < -0.4 is 10.1 Å². The molecule has 0 unspecified atom stereocenters. The molecule has 1 N–H and O–H groups in total. The molecule has 0 saturated heterocycles. The molecule has 0 amide bonds. The molecule has 1 aromatic rings. The Bertz CT molecular complexity index is 374. The molecule has 0 saturated carbocycles. The van der Waals surface area contributed by atoms with Crippen LogP contribution in [-0.4, -0.2) is 19.7 Å². The molecule has 0 heterocycles. The summed E-state index contributed by atoms with van der Waals surface area (Å²) in [6.45, 7) is 6.77. The molecule has 1 rings (SSSR count). The molecule has 20 heavy (non-hydrogen) atoms. The Balaban J connectivity index is 2.16. The Morgan fingerprint density at radius 1 is 1.10 bits per heavy atom. The molecule has 0 fully saturated rings. The SMILES string of the molecule is CC(C)CNCCCCOc1ccc(C(F)(F)F)cc1. The maximum Gasteiger partial charge on any atom is 0.416 e. The molecule has 114 valence electrons. The second-order valence-electron chi connectivity index (χ2n) is 5.18. The van der Waals surface area contributed by atoms with E-state index in [0.29, 0.717) is 18.3 Å². The lowest BCUT2D eigenvalue weighted by Crippen LogP contribution is -2.21. The highest BCUT2D eigenvalue weighted by atomic mass is 19.4. The molecule has 0 spiro atoms. The smallest absolute Gasteiger partial charge is 0.416 e. The number of rotatable bonds is 8. The third-order valence-corrected chi connectivity index (χ3v) is 2.75. The lowest BCUT2D eigenvalue weighted by Gasteiger charge is -2.10. The van der Waals surface area contributed by atoms with E-state index in [9.17, 15) is 13.2 Å². The van der Waals surface area contributed by atoms with Crippen molar-refractivity contribution in [1.82, 2.24) is 5.32 Å².